The molecule has 1 amide bonds. The second-order valence-corrected chi connectivity index (χ2v) is 8.23. The maximum Gasteiger partial charge on any atom is 0.260 e. The van der Waals surface area contributed by atoms with Gasteiger partial charge in [-0.15, -0.1) is 12.8 Å². The molecule has 0 unspecified atom stereocenters. The van der Waals surface area contributed by atoms with Crippen molar-refractivity contribution in [3.05, 3.63) is 63.6 Å². The molecule has 1 aromatic heterocycles. The van der Waals surface area contributed by atoms with Crippen LogP contribution in [-0.4, -0.2) is 35.1 Å². The summed E-state index contributed by atoms with van der Waals surface area (Å²) in [5.74, 6) is 7.49. The zero-order valence-electron chi connectivity index (χ0n) is 18.7. The lowest BCUT2D eigenvalue weighted by molar-refractivity contribution is -0.134. The number of amides is 1. The highest BCUT2D eigenvalue weighted by molar-refractivity contribution is 5.77. The van der Waals surface area contributed by atoms with E-state index in [0.29, 0.717) is 18.2 Å². The average molecular weight is 431 g/mol. The summed E-state index contributed by atoms with van der Waals surface area (Å²) in [6.07, 6.45) is 13.7. The van der Waals surface area contributed by atoms with E-state index in [1.807, 2.05) is 42.2 Å². The first kappa shape index (κ1) is 23.2. The lowest BCUT2D eigenvalue weighted by Gasteiger charge is -2.26. The van der Waals surface area contributed by atoms with Crippen LogP contribution in [0.25, 0.3) is 0 Å². The summed E-state index contributed by atoms with van der Waals surface area (Å²) in [7, 11) is 0. The minimum absolute atomic E-state index is 0.0126. The van der Waals surface area contributed by atoms with E-state index in [9.17, 15) is 9.59 Å². The molecule has 1 aliphatic carbocycles. The largest absolute Gasteiger partial charge is 0.484 e. The van der Waals surface area contributed by atoms with Crippen molar-refractivity contribution in [1.29, 1.82) is 0 Å². The van der Waals surface area contributed by atoms with Gasteiger partial charge < -0.3 is 14.2 Å². The lowest BCUT2D eigenvalue weighted by atomic mass is 10.1. The molecular formula is C27H30N2O3. The molecule has 4 rings (SSSR count). The third kappa shape index (κ3) is 6.53. The number of pyridine rings is 1. The SMILES string of the molecule is C#C.Cc1cc(OCC(=O)N2CCCCC2)cc(=O)n1Cc1ccc(C#CC2CC2)cc1. The van der Waals surface area contributed by atoms with Crippen molar-refractivity contribution in [2.75, 3.05) is 19.7 Å². The van der Waals surface area contributed by atoms with Crippen LogP contribution < -0.4 is 10.3 Å². The molecule has 0 N–H and O–H groups in total. The van der Waals surface area contributed by atoms with Gasteiger partial charge in [0.15, 0.2) is 6.61 Å². The highest BCUT2D eigenvalue weighted by Crippen LogP contribution is 2.27. The van der Waals surface area contributed by atoms with Crippen LogP contribution in [-0.2, 0) is 11.3 Å². The van der Waals surface area contributed by atoms with E-state index >= 15 is 0 Å². The van der Waals surface area contributed by atoms with Gasteiger partial charge in [-0.1, -0.05) is 24.0 Å². The van der Waals surface area contributed by atoms with Crippen LogP contribution in [0.2, 0.25) is 0 Å². The monoisotopic (exact) mass is 430 g/mol. The van der Waals surface area contributed by atoms with E-state index in [-0.39, 0.29) is 18.1 Å². The summed E-state index contributed by atoms with van der Waals surface area (Å²) in [5.41, 5.74) is 2.73. The van der Waals surface area contributed by atoms with Crippen LogP contribution in [0.1, 0.15) is 48.9 Å². The van der Waals surface area contributed by atoms with E-state index in [1.54, 1.807) is 4.57 Å². The number of aromatic nitrogens is 1. The first-order chi connectivity index (χ1) is 15.6. The Morgan fingerprint density at radius 2 is 1.78 bits per heavy atom. The Balaban J connectivity index is 0.00000141. The van der Waals surface area contributed by atoms with Crippen molar-refractivity contribution in [2.24, 2.45) is 5.92 Å². The van der Waals surface area contributed by atoms with Gasteiger partial charge in [-0.2, -0.15) is 0 Å². The molecule has 166 valence electrons. The van der Waals surface area contributed by atoms with Crippen molar-refractivity contribution < 1.29 is 9.53 Å². The van der Waals surface area contributed by atoms with Crippen LogP contribution in [0, 0.1) is 37.5 Å². The van der Waals surface area contributed by atoms with Crippen molar-refractivity contribution in [3.63, 3.8) is 0 Å². The minimum atomic E-state index is -0.131. The molecule has 2 heterocycles. The Bertz CT molecular complexity index is 1060. The first-order valence-electron chi connectivity index (χ1n) is 11.1. The van der Waals surface area contributed by atoms with Gasteiger partial charge in [-0.05, 0) is 62.8 Å². The minimum Gasteiger partial charge on any atom is -0.484 e. The predicted molar refractivity (Wildman–Crippen MR) is 126 cm³/mol. The first-order valence-corrected chi connectivity index (χ1v) is 11.1. The van der Waals surface area contributed by atoms with Crippen molar-refractivity contribution >= 4 is 5.91 Å². The number of nitrogens with zero attached hydrogens (tertiary/aromatic N) is 2. The van der Waals surface area contributed by atoms with Crippen LogP contribution in [0.5, 0.6) is 5.75 Å². The molecule has 1 saturated carbocycles. The van der Waals surface area contributed by atoms with Gasteiger partial charge in [0.05, 0.1) is 6.54 Å². The number of carbonyl (C=O) groups excluding carboxylic acids is 1. The van der Waals surface area contributed by atoms with Crippen molar-refractivity contribution in [2.45, 2.75) is 45.6 Å². The molecule has 1 aromatic carbocycles. The fraction of sp³-hybridized carbons (Fsp3) is 0.407. The third-order valence-corrected chi connectivity index (χ3v) is 5.67. The lowest BCUT2D eigenvalue weighted by Crippen LogP contribution is -2.38. The molecular weight excluding hydrogens is 400 g/mol. The van der Waals surface area contributed by atoms with Crippen molar-refractivity contribution in [3.8, 4) is 30.4 Å². The fourth-order valence-corrected chi connectivity index (χ4v) is 3.65. The Kier molecular flexibility index (Phi) is 8.17. The predicted octanol–water partition coefficient (Wildman–Crippen LogP) is 3.61. The fourth-order valence-electron chi connectivity index (χ4n) is 3.65. The molecule has 5 heteroatoms. The molecule has 2 fully saturated rings. The number of likely N-dealkylation sites (tertiary alicyclic amines) is 1. The van der Waals surface area contributed by atoms with Crippen LogP contribution in [0.3, 0.4) is 0 Å². The molecule has 0 atom stereocenters. The molecule has 5 nitrogen and oxygen atoms in total. The highest BCUT2D eigenvalue weighted by Gasteiger charge is 2.18. The van der Waals surface area contributed by atoms with Gasteiger partial charge in [-0.3, -0.25) is 9.59 Å². The Morgan fingerprint density at radius 1 is 1.09 bits per heavy atom. The normalized spacial score (nSPS) is 15.0. The number of rotatable bonds is 5. The molecule has 32 heavy (non-hydrogen) atoms. The Hall–Kier alpha value is -3.44. The molecule has 2 aromatic rings. The number of hydrogen-bond acceptors (Lipinski definition) is 3. The quantitative estimate of drug-likeness (QED) is 0.681. The second-order valence-electron chi connectivity index (χ2n) is 8.23. The van der Waals surface area contributed by atoms with Crippen LogP contribution in [0.15, 0.2) is 41.2 Å². The number of benzene rings is 1. The maximum absolute atomic E-state index is 12.6. The van der Waals surface area contributed by atoms with Gasteiger partial charge >= 0.3 is 0 Å². The van der Waals surface area contributed by atoms with E-state index in [0.717, 1.165) is 42.8 Å². The molecule has 0 spiro atoms. The summed E-state index contributed by atoms with van der Waals surface area (Å²) in [4.78, 5) is 26.7. The zero-order valence-corrected chi connectivity index (χ0v) is 18.7. The van der Waals surface area contributed by atoms with E-state index in [2.05, 4.69) is 24.7 Å². The van der Waals surface area contributed by atoms with E-state index < -0.39 is 0 Å². The topological polar surface area (TPSA) is 51.5 Å². The summed E-state index contributed by atoms with van der Waals surface area (Å²) < 4.78 is 7.35. The van der Waals surface area contributed by atoms with Crippen LogP contribution in [0.4, 0.5) is 0 Å². The Morgan fingerprint density at radius 3 is 2.41 bits per heavy atom. The average Bonchev–Trinajstić information content (AvgIpc) is 3.66. The summed E-state index contributed by atoms with van der Waals surface area (Å²) >= 11 is 0. The van der Waals surface area contributed by atoms with Crippen LogP contribution >= 0.6 is 0 Å². The summed E-state index contributed by atoms with van der Waals surface area (Å²) in [5, 5.41) is 0. The van der Waals surface area contributed by atoms with E-state index in [1.165, 1.54) is 25.3 Å². The zero-order chi connectivity index (χ0) is 22.9. The number of piperidine rings is 1. The smallest absolute Gasteiger partial charge is 0.260 e. The summed E-state index contributed by atoms with van der Waals surface area (Å²) in [6.45, 7) is 3.96. The number of carbonyl (C=O) groups is 1. The third-order valence-electron chi connectivity index (χ3n) is 5.67. The van der Waals surface area contributed by atoms with Gasteiger partial charge in [-0.25, -0.2) is 0 Å². The maximum atomic E-state index is 12.6. The molecule has 0 radical (unpaired) electrons. The summed E-state index contributed by atoms with van der Waals surface area (Å²) in [6, 6.07) is 11.3. The number of terminal acetylenes is 1. The van der Waals surface area contributed by atoms with Crippen molar-refractivity contribution in [1.82, 2.24) is 9.47 Å². The number of aryl methyl sites for hydroxylation is 1. The van der Waals surface area contributed by atoms with Gasteiger partial charge in [0.1, 0.15) is 5.75 Å². The van der Waals surface area contributed by atoms with E-state index in [4.69, 9.17) is 4.74 Å². The number of ether oxygens (including phenoxy) is 1. The Labute approximate surface area is 190 Å². The molecule has 1 saturated heterocycles. The molecule has 1 aliphatic heterocycles. The standard InChI is InChI=1S/C25H28N2O3.C2H2/c1-19-15-23(30-18-25(29)26-13-3-2-4-14-26)16-24(28)27(19)17-22-11-9-21(10-12-22)8-7-20-5-6-20;1-2/h9-12,15-16,20H,2-6,13-14,17-18H2,1H3;1-2H. The molecule has 0 bridgehead atoms. The van der Waals surface area contributed by atoms with Gasteiger partial charge in [0.25, 0.3) is 11.5 Å². The van der Waals surface area contributed by atoms with Gasteiger partial charge in [0, 0.05) is 36.3 Å². The highest BCUT2D eigenvalue weighted by atomic mass is 16.5. The molecule has 2 aliphatic rings. The van der Waals surface area contributed by atoms with Gasteiger partial charge in [0.2, 0.25) is 0 Å². The number of hydrogen-bond donors (Lipinski definition) is 0. The second kappa shape index (κ2) is 11.3.